The number of nitrogens with zero attached hydrogens (tertiary/aromatic N) is 1. The highest BCUT2D eigenvalue weighted by atomic mass is 35.5. The largest absolute Gasteiger partial charge is 0.244 e. The van der Waals surface area contributed by atoms with Crippen LogP contribution in [-0.4, -0.2) is 4.98 Å². The van der Waals surface area contributed by atoms with Crippen molar-refractivity contribution in [2.45, 2.75) is 0 Å². The molecule has 4 rings (SSSR count). The maximum absolute atomic E-state index is 6.05. The Balaban J connectivity index is 2.08. The van der Waals surface area contributed by atoms with Gasteiger partial charge >= 0.3 is 0 Å². The van der Waals surface area contributed by atoms with Crippen LogP contribution in [0.3, 0.4) is 0 Å². The summed E-state index contributed by atoms with van der Waals surface area (Å²) in [5.41, 5.74) is 6.82. The molecule has 0 atom stereocenters. The third kappa shape index (κ3) is 3.84. The minimum absolute atomic E-state index is 0.493. The lowest BCUT2D eigenvalue weighted by Crippen LogP contribution is -1.97. The van der Waals surface area contributed by atoms with Gasteiger partial charge in [0.2, 0.25) is 0 Å². The molecule has 1 nitrogen and oxygen atoms in total. The van der Waals surface area contributed by atoms with Crippen molar-refractivity contribution in [2.75, 3.05) is 0 Å². The second kappa shape index (κ2) is 8.03. The lowest BCUT2D eigenvalue weighted by Gasteiger charge is -2.17. The lowest BCUT2D eigenvalue weighted by atomic mass is 9.86. The summed E-state index contributed by atoms with van der Waals surface area (Å²) in [6.45, 7) is 0. The van der Waals surface area contributed by atoms with E-state index in [1.165, 1.54) is 5.57 Å². The number of aromatic nitrogens is 1. The van der Waals surface area contributed by atoms with Crippen LogP contribution in [0, 0.1) is 0 Å². The maximum atomic E-state index is 6.05. The second-order valence-electron chi connectivity index (χ2n) is 6.22. The number of pyridine rings is 1. The topological polar surface area (TPSA) is 12.9 Å². The molecule has 0 N–H and O–H groups in total. The third-order valence-electron chi connectivity index (χ3n) is 4.45. The first kappa shape index (κ1) is 17.3. The standard InChI is InChI=1S/C25H18ClN/c26-23-17-16-22(18-27-23)25(21-14-8-3-9-15-21)24(19-10-4-1-5-11-19)20-12-6-2-7-13-20/h1-18H. The summed E-state index contributed by atoms with van der Waals surface area (Å²) in [4.78, 5) is 4.33. The number of hydrogen-bond donors (Lipinski definition) is 0. The molecule has 0 saturated heterocycles. The molecule has 1 aromatic heterocycles. The van der Waals surface area contributed by atoms with E-state index in [0.717, 1.165) is 27.8 Å². The zero-order valence-electron chi connectivity index (χ0n) is 14.7. The van der Waals surface area contributed by atoms with Gasteiger partial charge in [0, 0.05) is 11.8 Å². The average Bonchev–Trinajstić information content (AvgIpc) is 2.75. The highest BCUT2D eigenvalue weighted by molar-refractivity contribution is 6.29. The van der Waals surface area contributed by atoms with Crippen LogP contribution in [0.15, 0.2) is 109 Å². The molecule has 0 fully saturated rings. The van der Waals surface area contributed by atoms with E-state index >= 15 is 0 Å². The van der Waals surface area contributed by atoms with Gasteiger partial charge < -0.3 is 0 Å². The SMILES string of the molecule is Clc1ccc(C(=C(c2ccccc2)c2ccccc2)c2ccccc2)cn1. The molecule has 0 radical (unpaired) electrons. The summed E-state index contributed by atoms with van der Waals surface area (Å²) in [7, 11) is 0. The fourth-order valence-electron chi connectivity index (χ4n) is 3.25. The first-order chi connectivity index (χ1) is 13.3. The van der Waals surface area contributed by atoms with Gasteiger partial charge in [-0.1, -0.05) is 103 Å². The van der Waals surface area contributed by atoms with E-state index in [2.05, 4.69) is 77.8 Å². The normalized spacial score (nSPS) is 10.4. The Morgan fingerprint density at radius 2 is 0.889 bits per heavy atom. The Morgan fingerprint density at radius 3 is 1.26 bits per heavy atom. The highest BCUT2D eigenvalue weighted by Gasteiger charge is 2.16. The summed E-state index contributed by atoms with van der Waals surface area (Å²) in [5, 5.41) is 0.493. The van der Waals surface area contributed by atoms with Gasteiger partial charge in [-0.2, -0.15) is 0 Å². The van der Waals surface area contributed by atoms with Gasteiger partial charge in [-0.15, -0.1) is 0 Å². The minimum Gasteiger partial charge on any atom is -0.244 e. The van der Waals surface area contributed by atoms with E-state index in [9.17, 15) is 0 Å². The van der Waals surface area contributed by atoms with Crippen molar-refractivity contribution in [1.82, 2.24) is 4.98 Å². The smallest absolute Gasteiger partial charge is 0.129 e. The number of rotatable bonds is 4. The molecular weight excluding hydrogens is 350 g/mol. The van der Waals surface area contributed by atoms with Crippen LogP contribution in [0.1, 0.15) is 22.3 Å². The van der Waals surface area contributed by atoms with E-state index in [-0.39, 0.29) is 0 Å². The summed E-state index contributed by atoms with van der Waals surface area (Å²) < 4.78 is 0. The van der Waals surface area contributed by atoms with Gasteiger partial charge in [0.1, 0.15) is 5.15 Å². The summed E-state index contributed by atoms with van der Waals surface area (Å²) in [6, 6.07) is 35.2. The van der Waals surface area contributed by atoms with Crippen molar-refractivity contribution >= 4 is 22.7 Å². The molecule has 4 aromatic rings. The molecule has 3 aromatic carbocycles. The van der Waals surface area contributed by atoms with Gasteiger partial charge in [0.15, 0.2) is 0 Å². The quantitative estimate of drug-likeness (QED) is 0.287. The van der Waals surface area contributed by atoms with Crippen molar-refractivity contribution in [1.29, 1.82) is 0 Å². The number of halogens is 1. The van der Waals surface area contributed by atoms with Crippen LogP contribution in [0.25, 0.3) is 11.1 Å². The van der Waals surface area contributed by atoms with Crippen molar-refractivity contribution < 1.29 is 0 Å². The minimum atomic E-state index is 0.493. The molecule has 1 heterocycles. The van der Waals surface area contributed by atoms with Crippen LogP contribution < -0.4 is 0 Å². The van der Waals surface area contributed by atoms with Gasteiger partial charge in [-0.25, -0.2) is 4.98 Å². The molecule has 0 aliphatic heterocycles. The predicted molar refractivity (Wildman–Crippen MR) is 114 cm³/mol. The lowest BCUT2D eigenvalue weighted by molar-refractivity contribution is 1.31. The second-order valence-corrected chi connectivity index (χ2v) is 6.60. The summed E-state index contributed by atoms with van der Waals surface area (Å²) in [5.74, 6) is 0. The van der Waals surface area contributed by atoms with Crippen molar-refractivity contribution in [3.63, 3.8) is 0 Å². The summed E-state index contributed by atoms with van der Waals surface area (Å²) in [6.07, 6.45) is 1.84. The summed E-state index contributed by atoms with van der Waals surface area (Å²) >= 11 is 6.05. The molecule has 2 heteroatoms. The fourth-order valence-corrected chi connectivity index (χ4v) is 3.36. The number of hydrogen-bond acceptors (Lipinski definition) is 1. The van der Waals surface area contributed by atoms with Gasteiger partial charge in [-0.05, 0) is 40.0 Å². The van der Waals surface area contributed by atoms with E-state index < -0.39 is 0 Å². The van der Waals surface area contributed by atoms with E-state index in [1.54, 1.807) is 0 Å². The molecule has 0 amide bonds. The Morgan fingerprint density at radius 1 is 0.481 bits per heavy atom. The Labute approximate surface area is 164 Å². The van der Waals surface area contributed by atoms with E-state index in [1.807, 2.05) is 36.5 Å². The first-order valence-corrected chi connectivity index (χ1v) is 9.23. The van der Waals surface area contributed by atoms with Crippen molar-refractivity contribution in [2.24, 2.45) is 0 Å². The molecule has 0 spiro atoms. The zero-order valence-corrected chi connectivity index (χ0v) is 15.5. The van der Waals surface area contributed by atoms with Gasteiger partial charge in [0.25, 0.3) is 0 Å². The van der Waals surface area contributed by atoms with Crippen molar-refractivity contribution in [3.8, 4) is 0 Å². The fraction of sp³-hybridized carbons (Fsp3) is 0. The first-order valence-electron chi connectivity index (χ1n) is 8.85. The van der Waals surface area contributed by atoms with Gasteiger partial charge in [0.05, 0.1) is 0 Å². The molecule has 0 aliphatic carbocycles. The van der Waals surface area contributed by atoms with Gasteiger partial charge in [-0.3, -0.25) is 0 Å². The van der Waals surface area contributed by atoms with Crippen LogP contribution in [0.4, 0.5) is 0 Å². The van der Waals surface area contributed by atoms with E-state index in [4.69, 9.17) is 11.6 Å². The highest BCUT2D eigenvalue weighted by Crippen LogP contribution is 2.36. The Hall–Kier alpha value is -3.16. The van der Waals surface area contributed by atoms with E-state index in [0.29, 0.717) is 5.15 Å². The van der Waals surface area contributed by atoms with Crippen LogP contribution in [0.5, 0.6) is 0 Å². The number of benzene rings is 3. The Kier molecular flexibility index (Phi) is 5.13. The Bertz CT molecular complexity index is 996. The van der Waals surface area contributed by atoms with Crippen LogP contribution >= 0.6 is 11.6 Å². The predicted octanol–water partition coefficient (Wildman–Crippen LogP) is 6.74. The van der Waals surface area contributed by atoms with Crippen LogP contribution in [0.2, 0.25) is 5.15 Å². The molecule has 27 heavy (non-hydrogen) atoms. The zero-order chi connectivity index (χ0) is 18.5. The van der Waals surface area contributed by atoms with Crippen molar-refractivity contribution in [3.05, 3.63) is 137 Å². The average molecular weight is 368 g/mol. The maximum Gasteiger partial charge on any atom is 0.129 e. The third-order valence-corrected chi connectivity index (χ3v) is 4.68. The molecule has 130 valence electrons. The van der Waals surface area contributed by atoms with Crippen LogP contribution in [-0.2, 0) is 0 Å². The molecule has 0 aliphatic rings. The molecular formula is C25H18ClN. The monoisotopic (exact) mass is 367 g/mol. The molecule has 0 saturated carbocycles. The molecule has 0 unspecified atom stereocenters. The molecule has 0 bridgehead atoms.